The molecule has 1 saturated heterocycles. The van der Waals surface area contributed by atoms with Gasteiger partial charge in [0.15, 0.2) is 0 Å². The average Bonchev–Trinajstić information content (AvgIpc) is 3.05. The first-order chi connectivity index (χ1) is 9.59. The van der Waals surface area contributed by atoms with Gasteiger partial charge in [-0.1, -0.05) is 35.9 Å². The largest absolute Gasteiger partial charge is 0.470 e. The van der Waals surface area contributed by atoms with Crippen LogP contribution in [0.25, 0.3) is 0 Å². The van der Waals surface area contributed by atoms with E-state index in [2.05, 4.69) is 24.4 Å². The van der Waals surface area contributed by atoms with Gasteiger partial charge in [-0.2, -0.15) is 0 Å². The van der Waals surface area contributed by atoms with E-state index in [9.17, 15) is 4.79 Å². The Balaban J connectivity index is 0.000000151. The van der Waals surface area contributed by atoms with Gasteiger partial charge >= 0.3 is 0 Å². The van der Waals surface area contributed by atoms with Crippen molar-refractivity contribution in [3.8, 4) is 0 Å². The number of amides is 1. The number of rotatable bonds is 0. The van der Waals surface area contributed by atoms with Crippen LogP contribution >= 0.6 is 0 Å². The number of hydrogen-bond donors (Lipinski definition) is 1. The number of aryl methyl sites for hydroxylation is 2. The van der Waals surface area contributed by atoms with Gasteiger partial charge in [0, 0.05) is 7.05 Å². The summed E-state index contributed by atoms with van der Waals surface area (Å²) in [5.41, 5.74) is 1.32. The van der Waals surface area contributed by atoms with Crippen LogP contribution in [-0.2, 0) is 4.79 Å². The van der Waals surface area contributed by atoms with E-state index in [-0.39, 0.29) is 5.91 Å². The summed E-state index contributed by atoms with van der Waals surface area (Å²) >= 11 is 0. The Bertz CT molecular complexity index is 480. The van der Waals surface area contributed by atoms with E-state index in [0.717, 1.165) is 5.76 Å². The van der Waals surface area contributed by atoms with Crippen LogP contribution in [-0.4, -0.2) is 31.1 Å². The highest BCUT2D eigenvalue weighted by atomic mass is 16.3. The molecule has 0 unspecified atom stereocenters. The van der Waals surface area contributed by atoms with Crippen LogP contribution in [0.3, 0.4) is 0 Å². The third kappa shape index (κ3) is 6.75. The van der Waals surface area contributed by atoms with Crippen molar-refractivity contribution >= 4 is 5.91 Å². The Kier molecular flexibility index (Phi) is 7.14. The maximum Gasteiger partial charge on any atom is 0.237 e. The molecule has 1 amide bonds. The number of furan rings is 1. The van der Waals surface area contributed by atoms with Crippen molar-refractivity contribution in [3.05, 3.63) is 60.1 Å². The molecule has 2 aromatic rings. The summed E-state index contributed by atoms with van der Waals surface area (Å²) in [6.45, 7) is 5.22. The van der Waals surface area contributed by atoms with E-state index in [0.29, 0.717) is 13.2 Å². The summed E-state index contributed by atoms with van der Waals surface area (Å²) in [7, 11) is 1.78. The van der Waals surface area contributed by atoms with Crippen LogP contribution < -0.4 is 5.32 Å². The van der Waals surface area contributed by atoms with Gasteiger partial charge in [0.05, 0.1) is 19.5 Å². The topological polar surface area (TPSA) is 45.5 Å². The van der Waals surface area contributed by atoms with E-state index < -0.39 is 0 Å². The summed E-state index contributed by atoms with van der Waals surface area (Å²) in [6.07, 6.45) is 1.66. The van der Waals surface area contributed by atoms with Crippen molar-refractivity contribution < 1.29 is 9.21 Å². The average molecular weight is 274 g/mol. The van der Waals surface area contributed by atoms with Gasteiger partial charge in [-0.05, 0) is 26.0 Å². The Hall–Kier alpha value is -2.07. The van der Waals surface area contributed by atoms with Gasteiger partial charge in [0.1, 0.15) is 5.76 Å². The number of carbonyl (C=O) groups is 1. The second-order valence-electron chi connectivity index (χ2n) is 4.55. The lowest BCUT2D eigenvalue weighted by molar-refractivity contribution is -0.125. The second kappa shape index (κ2) is 8.93. The van der Waals surface area contributed by atoms with Gasteiger partial charge in [0.25, 0.3) is 0 Å². The van der Waals surface area contributed by atoms with Gasteiger partial charge in [-0.25, -0.2) is 0 Å². The third-order valence-corrected chi connectivity index (χ3v) is 2.65. The summed E-state index contributed by atoms with van der Waals surface area (Å²) in [6, 6.07) is 14.0. The van der Waals surface area contributed by atoms with Gasteiger partial charge in [-0.3, -0.25) is 10.1 Å². The molecule has 0 radical (unpaired) electrons. The lowest BCUT2D eigenvalue weighted by atomic mass is 10.2. The highest BCUT2D eigenvalue weighted by Crippen LogP contribution is 1.93. The molecule has 4 nitrogen and oxygen atoms in total. The molecule has 108 valence electrons. The minimum absolute atomic E-state index is 0.181. The molecule has 0 spiro atoms. The predicted octanol–water partition coefficient (Wildman–Crippen LogP) is 2.59. The molecule has 1 N–H and O–H groups in total. The number of nitrogens with one attached hydrogen (secondary N) is 1. The van der Waals surface area contributed by atoms with Crippen LogP contribution in [0, 0.1) is 13.8 Å². The molecule has 0 aliphatic carbocycles. The van der Waals surface area contributed by atoms with E-state index in [4.69, 9.17) is 4.42 Å². The van der Waals surface area contributed by atoms with E-state index in [1.807, 2.05) is 37.3 Å². The second-order valence-corrected chi connectivity index (χ2v) is 4.55. The van der Waals surface area contributed by atoms with Crippen molar-refractivity contribution in [2.75, 3.05) is 20.3 Å². The molecular formula is C16H22N2O2. The zero-order valence-electron chi connectivity index (χ0n) is 12.3. The minimum atomic E-state index is 0.181. The van der Waals surface area contributed by atoms with Crippen molar-refractivity contribution in [1.29, 1.82) is 0 Å². The van der Waals surface area contributed by atoms with E-state index in [1.165, 1.54) is 5.56 Å². The molecule has 1 aliphatic rings. The lowest BCUT2D eigenvalue weighted by Gasteiger charge is -2.02. The Morgan fingerprint density at radius 1 is 1.10 bits per heavy atom. The number of hydrogen-bond acceptors (Lipinski definition) is 3. The van der Waals surface area contributed by atoms with E-state index >= 15 is 0 Å². The van der Waals surface area contributed by atoms with Crippen molar-refractivity contribution in [3.63, 3.8) is 0 Å². The standard InChI is InChI=1S/C7H8.C5H6O.C4H8N2O/c1-7-5-3-2-4-6-7;1-5-3-2-4-6-5;1-6-3-5-2-4(6)7/h2-6H,1H3;2-4H,1H3;5H,2-3H2,1H3. The zero-order chi connectivity index (χ0) is 14.8. The monoisotopic (exact) mass is 274 g/mol. The maximum absolute atomic E-state index is 10.4. The highest BCUT2D eigenvalue weighted by Gasteiger charge is 2.13. The predicted molar refractivity (Wildman–Crippen MR) is 80.3 cm³/mol. The molecule has 20 heavy (non-hydrogen) atoms. The Morgan fingerprint density at radius 3 is 2.00 bits per heavy atom. The molecular weight excluding hydrogens is 252 g/mol. The summed E-state index contributed by atoms with van der Waals surface area (Å²) in [5, 5.41) is 2.90. The fraction of sp³-hybridized carbons (Fsp3) is 0.312. The summed E-state index contributed by atoms with van der Waals surface area (Å²) in [4.78, 5) is 12.1. The Morgan fingerprint density at radius 2 is 1.80 bits per heavy atom. The molecule has 0 bridgehead atoms. The van der Waals surface area contributed by atoms with Crippen LogP contribution in [0.4, 0.5) is 0 Å². The van der Waals surface area contributed by atoms with Crippen molar-refractivity contribution in [2.24, 2.45) is 0 Å². The van der Waals surface area contributed by atoms with Gasteiger partial charge in [0.2, 0.25) is 5.91 Å². The first-order valence-corrected chi connectivity index (χ1v) is 6.56. The number of carbonyl (C=O) groups excluding carboxylic acids is 1. The molecule has 0 atom stereocenters. The van der Waals surface area contributed by atoms with Crippen LogP contribution in [0.15, 0.2) is 53.1 Å². The molecule has 1 aromatic heterocycles. The third-order valence-electron chi connectivity index (χ3n) is 2.65. The first kappa shape index (κ1) is 16.0. The highest BCUT2D eigenvalue weighted by molar-refractivity contribution is 5.79. The normalized spacial score (nSPS) is 13.2. The van der Waals surface area contributed by atoms with Crippen LogP contribution in [0.1, 0.15) is 11.3 Å². The first-order valence-electron chi connectivity index (χ1n) is 6.56. The summed E-state index contributed by atoms with van der Waals surface area (Å²) < 4.78 is 4.83. The lowest BCUT2D eigenvalue weighted by Crippen LogP contribution is -2.20. The quantitative estimate of drug-likeness (QED) is 0.803. The molecule has 3 rings (SSSR count). The maximum atomic E-state index is 10.4. The van der Waals surface area contributed by atoms with E-state index in [1.54, 1.807) is 18.2 Å². The number of nitrogens with zero attached hydrogens (tertiary/aromatic N) is 1. The molecule has 0 saturated carbocycles. The fourth-order valence-electron chi connectivity index (χ4n) is 1.45. The SMILES string of the molecule is CN1CNCC1=O.Cc1ccccc1.Cc1ccco1. The molecule has 4 heteroatoms. The molecule has 1 aromatic carbocycles. The smallest absolute Gasteiger partial charge is 0.237 e. The Labute approximate surface area is 120 Å². The minimum Gasteiger partial charge on any atom is -0.470 e. The van der Waals surface area contributed by atoms with Crippen molar-refractivity contribution in [1.82, 2.24) is 10.2 Å². The molecule has 2 heterocycles. The molecule has 1 fully saturated rings. The fourth-order valence-corrected chi connectivity index (χ4v) is 1.45. The van der Waals surface area contributed by atoms with Crippen LogP contribution in [0.2, 0.25) is 0 Å². The number of likely N-dealkylation sites (N-methyl/N-ethyl adjacent to an activating group) is 1. The van der Waals surface area contributed by atoms with Gasteiger partial charge < -0.3 is 9.32 Å². The number of benzene rings is 1. The van der Waals surface area contributed by atoms with Crippen LogP contribution in [0.5, 0.6) is 0 Å². The zero-order valence-corrected chi connectivity index (χ0v) is 12.3. The van der Waals surface area contributed by atoms with Gasteiger partial charge in [-0.15, -0.1) is 0 Å². The van der Waals surface area contributed by atoms with Crippen molar-refractivity contribution in [2.45, 2.75) is 13.8 Å². The summed E-state index contributed by atoms with van der Waals surface area (Å²) in [5.74, 6) is 1.15. The molecule has 1 aliphatic heterocycles.